The van der Waals surface area contributed by atoms with E-state index in [4.69, 9.17) is 0 Å². The zero-order valence-electron chi connectivity index (χ0n) is 17.5. The average Bonchev–Trinajstić information content (AvgIpc) is 2.67. The fourth-order valence-electron chi connectivity index (χ4n) is 3.31. The summed E-state index contributed by atoms with van der Waals surface area (Å²) in [6.07, 6.45) is 0.847. The largest absolute Gasteiger partial charge is 0.377 e. The minimum atomic E-state index is -0.232. The minimum absolute atomic E-state index is 0.00988. The second kappa shape index (κ2) is 7.99. The van der Waals surface area contributed by atoms with Crippen LogP contribution in [0, 0.1) is 0 Å². The third-order valence-electron chi connectivity index (χ3n) is 4.77. The van der Waals surface area contributed by atoms with Crippen molar-refractivity contribution in [2.24, 2.45) is 10.2 Å². The predicted molar refractivity (Wildman–Crippen MR) is 114 cm³/mol. The van der Waals surface area contributed by atoms with Crippen molar-refractivity contribution >= 4 is 23.1 Å². The summed E-state index contributed by atoms with van der Waals surface area (Å²) >= 11 is 0. The van der Waals surface area contributed by atoms with Crippen LogP contribution in [-0.2, 0) is 11.2 Å². The monoisotopic (exact) mass is 390 g/mol. The molecular weight excluding hydrogens is 364 g/mol. The van der Waals surface area contributed by atoms with Crippen LogP contribution in [0.4, 0.5) is 5.69 Å². The van der Waals surface area contributed by atoms with Crippen LogP contribution in [0.15, 0.2) is 64.5 Å². The van der Waals surface area contributed by atoms with Crippen LogP contribution in [0.3, 0.4) is 0 Å². The first-order valence-electron chi connectivity index (χ1n) is 9.53. The number of ketones is 1. The molecule has 0 aliphatic carbocycles. The number of hydrogen-bond acceptors (Lipinski definition) is 5. The molecule has 0 saturated carbocycles. The highest BCUT2D eigenvalue weighted by Gasteiger charge is 2.31. The van der Waals surface area contributed by atoms with E-state index >= 15 is 0 Å². The van der Waals surface area contributed by atoms with E-state index in [0.29, 0.717) is 16.9 Å². The Bertz CT molecular complexity index is 1000. The lowest BCUT2D eigenvalue weighted by molar-refractivity contribution is -0.124. The Morgan fingerprint density at radius 3 is 2.31 bits per heavy atom. The van der Waals surface area contributed by atoms with Crippen molar-refractivity contribution in [2.45, 2.75) is 32.7 Å². The number of nitrogens with zero attached hydrogens (tertiary/aromatic N) is 3. The Labute approximate surface area is 171 Å². The zero-order valence-corrected chi connectivity index (χ0v) is 17.5. The van der Waals surface area contributed by atoms with E-state index in [1.165, 1.54) is 11.8 Å². The predicted octanol–water partition coefficient (Wildman–Crippen LogP) is 4.35. The fraction of sp³-hybridized carbons (Fsp3) is 0.304. The highest BCUT2D eigenvalue weighted by molar-refractivity contribution is 6.01. The van der Waals surface area contributed by atoms with E-state index < -0.39 is 0 Å². The number of carbonyl (C=O) groups excluding carboxylic acids is 2. The van der Waals surface area contributed by atoms with Gasteiger partial charge in [0.25, 0.3) is 5.91 Å². The number of likely N-dealkylation sites (N-methyl/N-ethyl adjacent to an activating group) is 1. The van der Waals surface area contributed by atoms with Gasteiger partial charge in [0.1, 0.15) is 0 Å². The van der Waals surface area contributed by atoms with Gasteiger partial charge in [-0.25, -0.2) is 0 Å². The molecule has 3 rings (SSSR count). The van der Waals surface area contributed by atoms with Crippen LogP contribution in [-0.4, -0.2) is 36.2 Å². The Morgan fingerprint density at radius 2 is 1.69 bits per heavy atom. The van der Waals surface area contributed by atoms with E-state index in [1.54, 1.807) is 38.4 Å². The summed E-state index contributed by atoms with van der Waals surface area (Å²) < 4.78 is 0. The maximum absolute atomic E-state index is 13.0. The van der Waals surface area contributed by atoms with Crippen LogP contribution < -0.4 is 5.32 Å². The first-order chi connectivity index (χ1) is 13.7. The molecule has 2 aromatic rings. The molecule has 6 heteroatoms. The lowest BCUT2D eigenvalue weighted by atomic mass is 9.85. The number of nitrogens with one attached hydrogen (secondary N) is 1. The van der Waals surface area contributed by atoms with Gasteiger partial charge < -0.3 is 10.2 Å². The summed E-state index contributed by atoms with van der Waals surface area (Å²) in [5.74, 6) is -0.242. The average molecular weight is 390 g/mol. The van der Waals surface area contributed by atoms with Crippen molar-refractivity contribution in [3.63, 3.8) is 0 Å². The van der Waals surface area contributed by atoms with Crippen LogP contribution in [0.25, 0.3) is 5.70 Å². The molecule has 1 N–H and O–H groups in total. The Morgan fingerprint density at radius 1 is 1.03 bits per heavy atom. The van der Waals surface area contributed by atoms with Crippen molar-refractivity contribution < 1.29 is 9.59 Å². The van der Waals surface area contributed by atoms with Gasteiger partial charge in [0, 0.05) is 30.8 Å². The molecule has 2 aromatic carbocycles. The quantitative estimate of drug-likeness (QED) is 0.479. The number of fused-ring (bicyclic) bond motifs is 1. The summed E-state index contributed by atoms with van der Waals surface area (Å²) in [5, 5.41) is 12.1. The summed E-state index contributed by atoms with van der Waals surface area (Å²) in [4.78, 5) is 25.9. The van der Waals surface area contributed by atoms with Gasteiger partial charge >= 0.3 is 0 Å². The van der Waals surface area contributed by atoms with Gasteiger partial charge in [0.05, 0.1) is 11.4 Å². The molecular formula is C23H26N4O2. The van der Waals surface area contributed by atoms with Crippen molar-refractivity contribution in [2.75, 3.05) is 14.1 Å². The van der Waals surface area contributed by atoms with Crippen LogP contribution in [0.5, 0.6) is 0 Å². The molecule has 150 valence electrons. The van der Waals surface area contributed by atoms with Crippen molar-refractivity contribution in [3.8, 4) is 0 Å². The number of rotatable bonds is 4. The smallest absolute Gasteiger partial charge is 0.276 e. The van der Waals surface area contributed by atoms with E-state index in [-0.39, 0.29) is 22.9 Å². The highest BCUT2D eigenvalue weighted by atomic mass is 16.2. The molecule has 0 fully saturated rings. The number of amides is 1. The van der Waals surface area contributed by atoms with Gasteiger partial charge in [0.2, 0.25) is 0 Å². The van der Waals surface area contributed by atoms with Gasteiger partial charge in [0.15, 0.2) is 11.5 Å². The lowest BCUT2D eigenvalue weighted by Gasteiger charge is -2.36. The molecule has 0 unspecified atom stereocenters. The summed E-state index contributed by atoms with van der Waals surface area (Å²) in [6, 6.07) is 14.9. The molecule has 29 heavy (non-hydrogen) atoms. The molecule has 0 atom stereocenters. The molecule has 1 heterocycles. The number of Topliss-reactive ketones (excluding diaryl/α,β-unsaturated/α-hetero) is 1. The van der Waals surface area contributed by atoms with Crippen molar-refractivity contribution in [1.82, 2.24) is 10.2 Å². The number of carbonyl (C=O) groups is 2. The zero-order chi connectivity index (χ0) is 21.2. The fourth-order valence-corrected chi connectivity index (χ4v) is 3.31. The Kier molecular flexibility index (Phi) is 5.64. The third-order valence-corrected chi connectivity index (χ3v) is 4.77. The molecule has 1 aliphatic heterocycles. The molecule has 1 amide bonds. The standard InChI is InChI=1S/C23H26N4O2/c1-15(28)16-10-12-18(13-11-16)25-26-21(22(29)27(4)5)20-19-9-7-6-8-17(19)14-23(2,3)24-20/h6-13,24H,14H2,1-5H3/b21-20+,26-25+. The molecule has 0 aromatic heterocycles. The Hall–Kier alpha value is -3.28. The summed E-state index contributed by atoms with van der Waals surface area (Å²) in [5.41, 5.74) is 4.02. The molecule has 1 aliphatic rings. The molecule has 0 radical (unpaired) electrons. The van der Waals surface area contributed by atoms with Crippen molar-refractivity contribution in [1.29, 1.82) is 0 Å². The highest BCUT2D eigenvalue weighted by Crippen LogP contribution is 2.32. The van der Waals surface area contributed by atoms with Gasteiger partial charge in [-0.05, 0) is 57.0 Å². The maximum Gasteiger partial charge on any atom is 0.276 e. The van der Waals surface area contributed by atoms with Crippen LogP contribution >= 0.6 is 0 Å². The van der Waals surface area contributed by atoms with E-state index in [9.17, 15) is 9.59 Å². The number of azo groups is 1. The molecule has 0 bridgehead atoms. The first kappa shape index (κ1) is 20.5. The molecule has 6 nitrogen and oxygen atoms in total. The third kappa shape index (κ3) is 4.59. The van der Waals surface area contributed by atoms with Gasteiger partial charge in [-0.2, -0.15) is 5.11 Å². The topological polar surface area (TPSA) is 74.1 Å². The molecule has 0 spiro atoms. The normalized spacial score (nSPS) is 16.7. The maximum atomic E-state index is 13.0. The first-order valence-corrected chi connectivity index (χ1v) is 9.53. The van der Waals surface area contributed by atoms with Crippen LogP contribution in [0.1, 0.15) is 42.3 Å². The van der Waals surface area contributed by atoms with E-state index in [2.05, 4.69) is 35.5 Å². The molecule has 0 saturated heterocycles. The van der Waals surface area contributed by atoms with E-state index in [1.807, 2.05) is 18.2 Å². The second-order valence-electron chi connectivity index (χ2n) is 8.07. The SMILES string of the molecule is CC(=O)c1ccc(/N=N/C(C(=O)N(C)C)=C2/NC(C)(C)Cc3ccccc32)cc1. The van der Waals surface area contributed by atoms with E-state index in [0.717, 1.165) is 17.5 Å². The van der Waals surface area contributed by atoms with Gasteiger partial charge in [-0.15, -0.1) is 5.11 Å². The number of hydrogen-bond donors (Lipinski definition) is 1. The van der Waals surface area contributed by atoms with Crippen LogP contribution in [0.2, 0.25) is 0 Å². The number of benzene rings is 2. The van der Waals surface area contributed by atoms with Gasteiger partial charge in [-0.1, -0.05) is 24.3 Å². The van der Waals surface area contributed by atoms with Gasteiger partial charge in [-0.3, -0.25) is 9.59 Å². The summed E-state index contributed by atoms with van der Waals surface area (Å²) in [7, 11) is 3.39. The second-order valence-corrected chi connectivity index (χ2v) is 8.07. The Balaban J connectivity index is 2.10. The minimum Gasteiger partial charge on any atom is -0.377 e. The lowest BCUT2D eigenvalue weighted by Crippen LogP contribution is -2.44. The van der Waals surface area contributed by atoms with Crippen molar-refractivity contribution in [3.05, 3.63) is 70.9 Å². The summed E-state index contributed by atoms with van der Waals surface area (Å²) in [6.45, 7) is 5.71.